The first kappa shape index (κ1) is 20.0. The van der Waals surface area contributed by atoms with Crippen LogP contribution in [0.1, 0.15) is 22.9 Å². The minimum Gasteiger partial charge on any atom is -0.468 e. The van der Waals surface area contributed by atoms with Crippen LogP contribution in [0, 0.1) is 6.92 Å². The minimum atomic E-state index is -4.41. The summed E-state index contributed by atoms with van der Waals surface area (Å²) in [5.41, 5.74) is 1.69. The van der Waals surface area contributed by atoms with E-state index in [0.29, 0.717) is 24.6 Å². The number of guanidine groups is 1. The van der Waals surface area contributed by atoms with Crippen molar-refractivity contribution >= 4 is 17.3 Å². The highest BCUT2D eigenvalue weighted by molar-refractivity contribution is 7.10. The molecule has 0 spiro atoms. The third-order valence-electron chi connectivity index (χ3n) is 3.36. The first-order chi connectivity index (χ1) is 12.4. The molecule has 2 aromatic heterocycles. The van der Waals surface area contributed by atoms with Gasteiger partial charge in [-0.25, -0.2) is 9.98 Å². The summed E-state index contributed by atoms with van der Waals surface area (Å²) < 4.78 is 41.9. The molecule has 0 atom stereocenters. The van der Waals surface area contributed by atoms with Gasteiger partial charge in [-0.05, 0) is 36.9 Å². The molecule has 142 valence electrons. The number of nitrogens with zero attached hydrogens (tertiary/aromatic N) is 2. The van der Waals surface area contributed by atoms with Gasteiger partial charge in [-0.15, -0.1) is 11.3 Å². The summed E-state index contributed by atoms with van der Waals surface area (Å²) in [5.74, 6) is 0.518. The van der Waals surface area contributed by atoms with Crippen molar-refractivity contribution in [3.63, 3.8) is 0 Å². The first-order valence-corrected chi connectivity index (χ1v) is 8.95. The van der Waals surface area contributed by atoms with Crippen molar-refractivity contribution in [2.75, 3.05) is 13.2 Å². The molecule has 0 radical (unpaired) electrons. The van der Waals surface area contributed by atoms with Crippen molar-refractivity contribution in [2.24, 2.45) is 4.99 Å². The maximum Gasteiger partial charge on any atom is 0.422 e. The fourth-order valence-corrected chi connectivity index (χ4v) is 2.93. The van der Waals surface area contributed by atoms with Crippen LogP contribution in [0.15, 0.2) is 34.8 Å². The third-order valence-corrected chi connectivity index (χ3v) is 4.38. The lowest BCUT2D eigenvalue weighted by molar-refractivity contribution is -0.154. The molecule has 0 saturated carbocycles. The number of halogens is 3. The van der Waals surface area contributed by atoms with Crippen LogP contribution < -0.4 is 15.4 Å². The Balaban J connectivity index is 2.03. The van der Waals surface area contributed by atoms with E-state index in [4.69, 9.17) is 4.74 Å². The van der Waals surface area contributed by atoms with E-state index in [0.717, 1.165) is 0 Å². The Morgan fingerprint density at radius 3 is 2.77 bits per heavy atom. The predicted octanol–water partition coefficient (Wildman–Crippen LogP) is 3.65. The predicted molar refractivity (Wildman–Crippen MR) is 96.5 cm³/mol. The summed E-state index contributed by atoms with van der Waals surface area (Å²) in [5, 5.41) is 8.35. The molecule has 0 aliphatic carbocycles. The first-order valence-electron chi connectivity index (χ1n) is 8.07. The van der Waals surface area contributed by atoms with Crippen LogP contribution in [-0.4, -0.2) is 30.3 Å². The van der Waals surface area contributed by atoms with E-state index in [-0.39, 0.29) is 12.4 Å². The number of pyridine rings is 1. The van der Waals surface area contributed by atoms with Crippen molar-refractivity contribution in [1.29, 1.82) is 0 Å². The second kappa shape index (κ2) is 9.42. The van der Waals surface area contributed by atoms with E-state index in [1.165, 1.54) is 16.6 Å². The SMILES string of the molecule is CCNC(=NCc1cccnc1OCC(F)(F)F)NCc1sccc1C. The number of alkyl halides is 3. The quantitative estimate of drug-likeness (QED) is 0.563. The molecular weight excluding hydrogens is 365 g/mol. The normalized spacial score (nSPS) is 12.1. The zero-order valence-electron chi connectivity index (χ0n) is 14.6. The van der Waals surface area contributed by atoms with Gasteiger partial charge in [0.05, 0.1) is 13.1 Å². The Kier molecular flexibility index (Phi) is 7.26. The van der Waals surface area contributed by atoms with Crippen molar-refractivity contribution < 1.29 is 17.9 Å². The Labute approximate surface area is 154 Å². The summed E-state index contributed by atoms with van der Waals surface area (Å²) in [4.78, 5) is 9.49. The lowest BCUT2D eigenvalue weighted by Crippen LogP contribution is -2.36. The van der Waals surface area contributed by atoms with Gasteiger partial charge in [0.2, 0.25) is 5.88 Å². The molecule has 0 unspecified atom stereocenters. The lowest BCUT2D eigenvalue weighted by Gasteiger charge is -2.13. The summed E-state index contributed by atoms with van der Waals surface area (Å²) in [6.45, 7) is 4.04. The highest BCUT2D eigenvalue weighted by Crippen LogP contribution is 2.20. The number of hydrogen-bond donors (Lipinski definition) is 2. The maximum absolute atomic E-state index is 12.4. The summed E-state index contributed by atoms with van der Waals surface area (Å²) in [7, 11) is 0. The topological polar surface area (TPSA) is 58.5 Å². The molecule has 5 nitrogen and oxygen atoms in total. The van der Waals surface area contributed by atoms with Crippen LogP contribution in [0.25, 0.3) is 0 Å². The van der Waals surface area contributed by atoms with E-state index >= 15 is 0 Å². The van der Waals surface area contributed by atoms with Gasteiger partial charge in [0.25, 0.3) is 0 Å². The number of aliphatic imine (C=N–C) groups is 1. The Hall–Kier alpha value is -2.29. The Morgan fingerprint density at radius 2 is 2.12 bits per heavy atom. The number of hydrogen-bond acceptors (Lipinski definition) is 4. The molecule has 9 heteroatoms. The van der Waals surface area contributed by atoms with E-state index in [1.807, 2.05) is 25.3 Å². The largest absolute Gasteiger partial charge is 0.468 e. The molecule has 0 bridgehead atoms. The van der Waals surface area contributed by atoms with Crippen LogP contribution in [-0.2, 0) is 13.1 Å². The Bertz CT molecular complexity index is 731. The molecule has 0 aromatic carbocycles. The molecule has 0 fully saturated rings. The highest BCUT2D eigenvalue weighted by Gasteiger charge is 2.29. The number of ether oxygens (including phenoxy) is 1. The van der Waals surface area contributed by atoms with Crippen molar-refractivity contribution in [3.8, 4) is 5.88 Å². The maximum atomic E-state index is 12.4. The van der Waals surface area contributed by atoms with Crippen molar-refractivity contribution in [1.82, 2.24) is 15.6 Å². The summed E-state index contributed by atoms with van der Waals surface area (Å²) >= 11 is 1.65. The van der Waals surface area contributed by atoms with Gasteiger partial charge in [-0.3, -0.25) is 0 Å². The zero-order valence-corrected chi connectivity index (χ0v) is 15.4. The number of nitrogens with one attached hydrogen (secondary N) is 2. The lowest BCUT2D eigenvalue weighted by atomic mass is 10.3. The molecule has 2 heterocycles. The second-order valence-corrected chi connectivity index (χ2v) is 6.45. The van der Waals surface area contributed by atoms with Gasteiger partial charge in [-0.2, -0.15) is 13.2 Å². The van der Waals surface area contributed by atoms with Crippen LogP contribution in [0.2, 0.25) is 0 Å². The number of thiophene rings is 1. The molecule has 2 N–H and O–H groups in total. The van der Waals surface area contributed by atoms with Gasteiger partial charge < -0.3 is 15.4 Å². The fraction of sp³-hybridized carbons (Fsp3) is 0.412. The number of aryl methyl sites for hydroxylation is 1. The number of rotatable bonds is 7. The van der Waals surface area contributed by atoms with Crippen molar-refractivity contribution in [2.45, 2.75) is 33.1 Å². The van der Waals surface area contributed by atoms with E-state index in [2.05, 4.69) is 20.6 Å². The summed E-state index contributed by atoms with van der Waals surface area (Å²) in [6.07, 6.45) is -3.02. The van der Waals surface area contributed by atoms with Crippen molar-refractivity contribution in [3.05, 3.63) is 45.8 Å². The molecule has 0 saturated heterocycles. The van der Waals surface area contributed by atoms with Gasteiger partial charge >= 0.3 is 6.18 Å². The van der Waals surface area contributed by atoms with Crippen LogP contribution in [0.5, 0.6) is 5.88 Å². The monoisotopic (exact) mass is 386 g/mol. The average Bonchev–Trinajstić information content (AvgIpc) is 3.00. The average molecular weight is 386 g/mol. The summed E-state index contributed by atoms with van der Waals surface area (Å²) in [6, 6.07) is 5.33. The van der Waals surface area contributed by atoms with Gasteiger partial charge in [0, 0.05) is 23.2 Å². The van der Waals surface area contributed by atoms with Crippen LogP contribution in [0.4, 0.5) is 13.2 Å². The van der Waals surface area contributed by atoms with Gasteiger partial charge in [-0.1, -0.05) is 6.07 Å². The molecule has 0 amide bonds. The molecule has 0 aliphatic rings. The van der Waals surface area contributed by atoms with E-state index in [1.54, 1.807) is 23.5 Å². The van der Waals surface area contributed by atoms with E-state index < -0.39 is 12.8 Å². The molecule has 2 rings (SSSR count). The standard InChI is InChI=1S/C17H21F3N4OS/c1-3-21-16(24-10-14-12(2)6-8-26-14)23-9-13-5-4-7-22-15(13)25-11-17(18,19)20/h4-8H,3,9-11H2,1-2H3,(H2,21,23,24). The van der Waals surface area contributed by atoms with Crippen LogP contribution >= 0.6 is 11.3 Å². The smallest absolute Gasteiger partial charge is 0.422 e. The van der Waals surface area contributed by atoms with Gasteiger partial charge in [0.15, 0.2) is 12.6 Å². The number of aromatic nitrogens is 1. The second-order valence-electron chi connectivity index (χ2n) is 5.45. The molecule has 2 aromatic rings. The highest BCUT2D eigenvalue weighted by atomic mass is 32.1. The Morgan fingerprint density at radius 1 is 1.31 bits per heavy atom. The zero-order chi connectivity index (χ0) is 19.0. The fourth-order valence-electron chi connectivity index (χ4n) is 2.08. The third kappa shape index (κ3) is 6.55. The molecular formula is C17H21F3N4OS. The van der Waals surface area contributed by atoms with Crippen LogP contribution in [0.3, 0.4) is 0 Å². The molecule has 0 aliphatic heterocycles. The minimum absolute atomic E-state index is 0.0569. The van der Waals surface area contributed by atoms with Gasteiger partial charge in [0.1, 0.15) is 0 Å². The molecule has 26 heavy (non-hydrogen) atoms. The van der Waals surface area contributed by atoms with E-state index in [9.17, 15) is 13.2 Å².